The van der Waals surface area contributed by atoms with Gasteiger partial charge in [-0.1, -0.05) is 12.1 Å². The molecule has 126 valence electrons. The number of halogens is 1. The summed E-state index contributed by atoms with van der Waals surface area (Å²) < 4.78 is 12.8. The second kappa shape index (κ2) is 7.25. The first kappa shape index (κ1) is 17.7. The van der Waals surface area contributed by atoms with Gasteiger partial charge in [-0.2, -0.15) is 0 Å². The van der Waals surface area contributed by atoms with Crippen LogP contribution in [0.3, 0.4) is 0 Å². The zero-order valence-corrected chi connectivity index (χ0v) is 14.2. The van der Waals surface area contributed by atoms with Gasteiger partial charge in [-0.25, -0.2) is 4.39 Å². The van der Waals surface area contributed by atoms with E-state index in [1.807, 2.05) is 33.8 Å². The molecule has 1 unspecified atom stereocenters. The molecule has 2 N–H and O–H groups in total. The second-order valence-corrected chi connectivity index (χ2v) is 5.95. The van der Waals surface area contributed by atoms with Crippen molar-refractivity contribution in [2.75, 3.05) is 5.32 Å². The molecule has 0 aliphatic rings. The third-order valence-electron chi connectivity index (χ3n) is 4.00. The van der Waals surface area contributed by atoms with E-state index in [1.165, 1.54) is 29.8 Å². The lowest BCUT2D eigenvalue weighted by atomic mass is 9.96. The van der Waals surface area contributed by atoms with Crippen LogP contribution >= 0.6 is 0 Å². The lowest BCUT2D eigenvalue weighted by molar-refractivity contribution is -0.136. The summed E-state index contributed by atoms with van der Waals surface area (Å²) in [6.45, 7) is 7.85. The van der Waals surface area contributed by atoms with Crippen LogP contribution in [-0.2, 0) is 9.59 Å². The second-order valence-electron chi connectivity index (χ2n) is 5.95. The Bertz CT molecular complexity index is 770. The minimum atomic E-state index is -0.782. The van der Waals surface area contributed by atoms with Gasteiger partial charge in [0, 0.05) is 5.69 Å². The van der Waals surface area contributed by atoms with Crippen LogP contribution in [-0.4, -0.2) is 11.8 Å². The highest BCUT2D eigenvalue weighted by Gasteiger charge is 2.18. The van der Waals surface area contributed by atoms with Crippen molar-refractivity contribution < 1.29 is 14.0 Å². The summed E-state index contributed by atoms with van der Waals surface area (Å²) in [5.74, 6) is -1.92. The molecule has 0 saturated carbocycles. The van der Waals surface area contributed by atoms with Gasteiger partial charge in [0.25, 0.3) is 0 Å². The molecule has 0 aromatic heterocycles. The Kier molecular flexibility index (Phi) is 5.34. The number of nitrogens with one attached hydrogen (secondary N) is 2. The Balaban J connectivity index is 2.04. The van der Waals surface area contributed by atoms with Gasteiger partial charge in [0.1, 0.15) is 5.82 Å². The number of carbonyl (C=O) groups excluding carboxylic acids is 2. The Hall–Kier alpha value is -2.69. The van der Waals surface area contributed by atoms with Gasteiger partial charge in [-0.15, -0.1) is 0 Å². The fourth-order valence-electron chi connectivity index (χ4n) is 2.51. The van der Waals surface area contributed by atoms with Gasteiger partial charge in [0.2, 0.25) is 0 Å². The Morgan fingerprint density at radius 3 is 2.12 bits per heavy atom. The summed E-state index contributed by atoms with van der Waals surface area (Å²) in [5, 5.41) is 5.13. The van der Waals surface area contributed by atoms with E-state index in [2.05, 4.69) is 16.7 Å². The lowest BCUT2D eigenvalue weighted by Crippen LogP contribution is -2.37. The van der Waals surface area contributed by atoms with Crippen molar-refractivity contribution in [2.45, 2.75) is 33.7 Å². The predicted molar refractivity (Wildman–Crippen MR) is 92.2 cm³/mol. The van der Waals surface area contributed by atoms with Crippen LogP contribution in [0, 0.1) is 26.6 Å². The van der Waals surface area contributed by atoms with E-state index < -0.39 is 17.6 Å². The van der Waals surface area contributed by atoms with Gasteiger partial charge in [-0.05, 0) is 74.2 Å². The van der Waals surface area contributed by atoms with E-state index in [0.29, 0.717) is 5.69 Å². The molecule has 24 heavy (non-hydrogen) atoms. The van der Waals surface area contributed by atoms with E-state index in [9.17, 15) is 14.0 Å². The van der Waals surface area contributed by atoms with Crippen molar-refractivity contribution in [2.24, 2.45) is 0 Å². The van der Waals surface area contributed by atoms with Crippen molar-refractivity contribution in [3.8, 4) is 0 Å². The summed E-state index contributed by atoms with van der Waals surface area (Å²) in [4.78, 5) is 24.0. The standard InChI is InChI=1S/C19H21FN2O2/c1-11-9-13(3)17(10-12(11)2)14(4)21-18(23)19(24)22-16-7-5-15(20)6-8-16/h5-10,14H,1-4H3,(H,21,23)(H,22,24). The maximum absolute atomic E-state index is 12.8. The molecule has 4 nitrogen and oxygen atoms in total. The van der Waals surface area contributed by atoms with E-state index in [1.54, 1.807) is 0 Å². The molecule has 0 saturated heterocycles. The van der Waals surface area contributed by atoms with Crippen molar-refractivity contribution in [1.29, 1.82) is 0 Å². The minimum absolute atomic E-state index is 0.296. The van der Waals surface area contributed by atoms with Gasteiger partial charge < -0.3 is 10.6 Å². The smallest absolute Gasteiger partial charge is 0.313 e. The number of amides is 2. The molecule has 1 atom stereocenters. The van der Waals surface area contributed by atoms with Gasteiger partial charge >= 0.3 is 11.8 Å². The van der Waals surface area contributed by atoms with Gasteiger partial charge in [0.05, 0.1) is 6.04 Å². The SMILES string of the molecule is Cc1cc(C)c(C(C)NC(=O)C(=O)Nc2ccc(F)cc2)cc1C. The summed E-state index contributed by atoms with van der Waals surface area (Å²) >= 11 is 0. The molecule has 5 heteroatoms. The molecular weight excluding hydrogens is 307 g/mol. The molecular formula is C19H21FN2O2. The van der Waals surface area contributed by atoms with Crippen LogP contribution < -0.4 is 10.6 Å². The molecule has 2 amide bonds. The Morgan fingerprint density at radius 2 is 1.50 bits per heavy atom. The average molecular weight is 328 g/mol. The van der Waals surface area contributed by atoms with Crippen LogP contribution in [0.2, 0.25) is 0 Å². The van der Waals surface area contributed by atoms with E-state index in [0.717, 1.165) is 16.7 Å². The molecule has 0 aliphatic carbocycles. The summed E-state index contributed by atoms with van der Waals surface area (Å²) in [7, 11) is 0. The highest BCUT2D eigenvalue weighted by atomic mass is 19.1. The van der Waals surface area contributed by atoms with Crippen LogP contribution in [0.15, 0.2) is 36.4 Å². The Morgan fingerprint density at radius 1 is 0.917 bits per heavy atom. The third-order valence-corrected chi connectivity index (χ3v) is 4.00. The number of hydrogen-bond donors (Lipinski definition) is 2. The maximum Gasteiger partial charge on any atom is 0.313 e. The first-order valence-corrected chi connectivity index (χ1v) is 7.73. The highest BCUT2D eigenvalue weighted by Crippen LogP contribution is 2.21. The van der Waals surface area contributed by atoms with Crippen molar-refractivity contribution in [1.82, 2.24) is 5.32 Å². The molecule has 0 fully saturated rings. The monoisotopic (exact) mass is 328 g/mol. The largest absolute Gasteiger partial charge is 0.341 e. The average Bonchev–Trinajstić information content (AvgIpc) is 2.52. The topological polar surface area (TPSA) is 58.2 Å². The fraction of sp³-hybridized carbons (Fsp3) is 0.263. The van der Waals surface area contributed by atoms with Crippen LogP contribution in [0.5, 0.6) is 0 Å². The first-order valence-electron chi connectivity index (χ1n) is 7.73. The zero-order valence-electron chi connectivity index (χ0n) is 14.2. The van der Waals surface area contributed by atoms with Gasteiger partial charge in [-0.3, -0.25) is 9.59 Å². The fourth-order valence-corrected chi connectivity index (χ4v) is 2.51. The molecule has 2 rings (SSSR count). The molecule has 0 radical (unpaired) electrons. The van der Waals surface area contributed by atoms with Crippen molar-refractivity contribution in [3.63, 3.8) is 0 Å². The summed E-state index contributed by atoms with van der Waals surface area (Å²) in [6.07, 6.45) is 0. The van der Waals surface area contributed by atoms with Crippen molar-refractivity contribution >= 4 is 17.5 Å². The van der Waals surface area contributed by atoms with Crippen LogP contribution in [0.4, 0.5) is 10.1 Å². The maximum atomic E-state index is 12.8. The number of carbonyl (C=O) groups is 2. The first-order chi connectivity index (χ1) is 11.3. The lowest BCUT2D eigenvalue weighted by Gasteiger charge is -2.18. The molecule has 0 spiro atoms. The minimum Gasteiger partial charge on any atom is -0.341 e. The molecule has 0 heterocycles. The number of anilines is 1. The van der Waals surface area contributed by atoms with Gasteiger partial charge in [0.15, 0.2) is 0 Å². The molecule has 2 aromatic carbocycles. The Labute approximate surface area is 141 Å². The van der Waals surface area contributed by atoms with Crippen LogP contribution in [0.1, 0.15) is 35.2 Å². The molecule has 0 bridgehead atoms. The van der Waals surface area contributed by atoms with Crippen LogP contribution in [0.25, 0.3) is 0 Å². The predicted octanol–water partition coefficient (Wildman–Crippen LogP) is 3.57. The normalized spacial score (nSPS) is 11.7. The third kappa shape index (κ3) is 4.19. The molecule has 2 aromatic rings. The quantitative estimate of drug-likeness (QED) is 0.846. The number of benzene rings is 2. The van der Waals surface area contributed by atoms with Crippen molar-refractivity contribution in [3.05, 3.63) is 64.5 Å². The van der Waals surface area contributed by atoms with E-state index in [-0.39, 0.29) is 6.04 Å². The summed E-state index contributed by atoms with van der Waals surface area (Å²) in [6, 6.07) is 9.02. The number of aryl methyl sites for hydroxylation is 3. The number of hydrogen-bond acceptors (Lipinski definition) is 2. The van der Waals surface area contributed by atoms with E-state index >= 15 is 0 Å². The zero-order chi connectivity index (χ0) is 17.9. The molecule has 0 aliphatic heterocycles. The summed E-state index contributed by atoms with van der Waals surface area (Å²) in [5.41, 5.74) is 4.72. The van der Waals surface area contributed by atoms with E-state index in [4.69, 9.17) is 0 Å². The highest BCUT2D eigenvalue weighted by molar-refractivity contribution is 6.39. The number of rotatable bonds is 3.